The van der Waals surface area contributed by atoms with Gasteiger partial charge in [0.2, 0.25) is 18.2 Å². The standard InChI is InChI=1S/C29H51N5O7S/c1-20-13-10-11-18-34(20)42(39,40)32-26(37)29-19-21(29)14-8-6-5-7-9-15-22(30-27(38)41-28(2,3)4)25(36)33-17-12-16-23(33)24(35)31-29/h20-23,27,30,38H,5-19H2,1-4H3,(H,31,35)(H,32,37)/t20?,21-,22+,23+,27?,29-/m1/s1. The van der Waals surface area contributed by atoms with E-state index in [0.29, 0.717) is 45.2 Å². The molecular formula is C29H51N5O7S. The number of carbonyl (C=O) groups is 3. The number of rotatable bonds is 6. The molecule has 240 valence electrons. The molecule has 0 spiro atoms. The van der Waals surface area contributed by atoms with Crippen LogP contribution in [0.15, 0.2) is 0 Å². The van der Waals surface area contributed by atoms with E-state index in [4.69, 9.17) is 4.74 Å². The van der Waals surface area contributed by atoms with Crippen molar-refractivity contribution < 1.29 is 32.6 Å². The maximum absolute atomic E-state index is 13.8. The van der Waals surface area contributed by atoms with Gasteiger partial charge < -0.3 is 20.1 Å². The van der Waals surface area contributed by atoms with Gasteiger partial charge >= 0.3 is 10.2 Å². The molecule has 0 aromatic heterocycles. The third kappa shape index (κ3) is 8.02. The quantitative estimate of drug-likeness (QED) is 0.331. The fourth-order valence-corrected chi connectivity index (χ4v) is 8.24. The van der Waals surface area contributed by atoms with E-state index >= 15 is 0 Å². The molecule has 0 bridgehead atoms. The zero-order valence-corrected chi connectivity index (χ0v) is 26.5. The third-order valence-electron chi connectivity index (χ3n) is 9.12. The first-order valence-corrected chi connectivity index (χ1v) is 17.3. The van der Waals surface area contributed by atoms with Crippen LogP contribution in [0.5, 0.6) is 0 Å². The molecule has 1 saturated carbocycles. The van der Waals surface area contributed by atoms with Crippen LogP contribution in [0.4, 0.5) is 0 Å². The summed E-state index contributed by atoms with van der Waals surface area (Å²) in [6.45, 7) is 8.02. The predicted molar refractivity (Wildman–Crippen MR) is 157 cm³/mol. The average molecular weight is 614 g/mol. The molecule has 3 heterocycles. The number of fused-ring (bicyclic) bond motifs is 2. The Kier molecular flexibility index (Phi) is 10.6. The number of carbonyl (C=O) groups excluding carboxylic acids is 3. The van der Waals surface area contributed by atoms with Crippen molar-refractivity contribution in [2.45, 2.75) is 147 Å². The summed E-state index contributed by atoms with van der Waals surface area (Å²) in [6.07, 6.45) is 8.15. The second-order valence-electron chi connectivity index (χ2n) is 13.6. The number of nitrogens with one attached hydrogen (secondary N) is 3. The molecule has 13 heteroatoms. The number of piperidine rings is 1. The minimum atomic E-state index is -4.06. The van der Waals surface area contributed by atoms with Crippen LogP contribution >= 0.6 is 0 Å². The van der Waals surface area contributed by atoms with Crippen molar-refractivity contribution in [2.24, 2.45) is 5.92 Å². The minimum absolute atomic E-state index is 0.162. The van der Waals surface area contributed by atoms with Crippen LogP contribution in [0.1, 0.15) is 111 Å². The summed E-state index contributed by atoms with van der Waals surface area (Å²) in [5, 5.41) is 16.4. The van der Waals surface area contributed by atoms with Crippen LogP contribution in [-0.4, -0.2) is 89.2 Å². The first kappa shape index (κ1) is 33.1. The number of aliphatic hydroxyl groups excluding tert-OH is 1. The van der Waals surface area contributed by atoms with E-state index < -0.39 is 51.7 Å². The van der Waals surface area contributed by atoms with Crippen LogP contribution in [0, 0.1) is 5.92 Å². The van der Waals surface area contributed by atoms with Crippen LogP contribution in [-0.2, 0) is 29.3 Å². The molecule has 4 N–H and O–H groups in total. The molecule has 0 radical (unpaired) electrons. The smallest absolute Gasteiger partial charge is 0.304 e. The number of aliphatic hydroxyl groups is 1. The third-order valence-corrected chi connectivity index (χ3v) is 10.7. The molecule has 6 atom stereocenters. The summed E-state index contributed by atoms with van der Waals surface area (Å²) in [5.41, 5.74) is -1.93. The number of amides is 3. The second-order valence-corrected chi connectivity index (χ2v) is 15.2. The van der Waals surface area contributed by atoms with E-state index in [1.165, 1.54) is 9.21 Å². The zero-order valence-electron chi connectivity index (χ0n) is 25.7. The number of hydrogen-bond donors (Lipinski definition) is 4. The highest BCUT2D eigenvalue weighted by molar-refractivity contribution is 7.87. The van der Waals surface area contributed by atoms with Gasteiger partial charge in [-0.05, 0) is 78.6 Å². The van der Waals surface area contributed by atoms with Crippen molar-refractivity contribution in [2.75, 3.05) is 13.1 Å². The Hall–Kier alpha value is -1.80. The Bertz CT molecular complexity index is 1100. The first-order chi connectivity index (χ1) is 19.7. The van der Waals surface area contributed by atoms with E-state index in [1.54, 1.807) is 0 Å². The van der Waals surface area contributed by atoms with Gasteiger partial charge in [0.05, 0.1) is 11.6 Å². The lowest BCUT2D eigenvalue weighted by atomic mass is 10.0. The molecule has 4 fully saturated rings. The van der Waals surface area contributed by atoms with Gasteiger partial charge in [-0.15, -0.1) is 0 Å². The summed E-state index contributed by atoms with van der Waals surface area (Å²) in [7, 11) is -4.06. The molecule has 4 aliphatic rings. The molecule has 1 aliphatic carbocycles. The summed E-state index contributed by atoms with van der Waals surface area (Å²) in [4.78, 5) is 42.7. The number of ether oxygens (including phenoxy) is 1. The minimum Gasteiger partial charge on any atom is -0.356 e. The summed E-state index contributed by atoms with van der Waals surface area (Å²) in [6, 6.07) is -1.72. The zero-order chi connectivity index (χ0) is 30.7. The van der Waals surface area contributed by atoms with Gasteiger partial charge in [0, 0.05) is 19.1 Å². The lowest BCUT2D eigenvalue weighted by Crippen LogP contribution is -2.60. The topological polar surface area (TPSA) is 157 Å². The van der Waals surface area contributed by atoms with E-state index in [-0.39, 0.29) is 17.9 Å². The van der Waals surface area contributed by atoms with Gasteiger partial charge in [0.1, 0.15) is 11.6 Å². The Morgan fingerprint density at radius 1 is 1.00 bits per heavy atom. The van der Waals surface area contributed by atoms with Crippen LogP contribution in [0.25, 0.3) is 0 Å². The number of hydrogen-bond acceptors (Lipinski definition) is 8. The SMILES string of the molecule is CC1CCCCN1S(=O)(=O)NC(=O)[C@@]12C[C@H]1CCCCCCC[C@H](NC(O)OC(C)(C)C)C(=O)N1CCC[C@H]1C(=O)N2. The highest BCUT2D eigenvalue weighted by Crippen LogP contribution is 2.48. The molecule has 2 unspecified atom stereocenters. The largest absolute Gasteiger partial charge is 0.356 e. The van der Waals surface area contributed by atoms with Crippen molar-refractivity contribution in [3.8, 4) is 0 Å². The van der Waals surface area contributed by atoms with Gasteiger partial charge in [-0.1, -0.05) is 38.5 Å². The van der Waals surface area contributed by atoms with Crippen LogP contribution in [0.2, 0.25) is 0 Å². The number of nitrogens with zero attached hydrogens (tertiary/aromatic N) is 2. The van der Waals surface area contributed by atoms with Crippen molar-refractivity contribution in [3.05, 3.63) is 0 Å². The van der Waals surface area contributed by atoms with Crippen molar-refractivity contribution in [3.63, 3.8) is 0 Å². The van der Waals surface area contributed by atoms with Gasteiger partial charge in [-0.25, -0.2) is 4.72 Å². The molecular weight excluding hydrogens is 562 g/mol. The maximum Gasteiger partial charge on any atom is 0.304 e. The highest BCUT2D eigenvalue weighted by Gasteiger charge is 2.62. The van der Waals surface area contributed by atoms with Crippen molar-refractivity contribution in [1.29, 1.82) is 0 Å². The Labute approximate surface area is 250 Å². The normalized spacial score (nSPS) is 33.0. The van der Waals surface area contributed by atoms with E-state index in [1.807, 2.05) is 27.7 Å². The molecule has 3 saturated heterocycles. The monoisotopic (exact) mass is 613 g/mol. The molecule has 4 rings (SSSR count). The highest BCUT2D eigenvalue weighted by atomic mass is 32.2. The second kappa shape index (κ2) is 13.5. The lowest BCUT2D eigenvalue weighted by Gasteiger charge is -2.33. The summed E-state index contributed by atoms with van der Waals surface area (Å²) < 4.78 is 35.7. The molecule has 3 amide bonds. The molecule has 3 aliphatic heterocycles. The molecule has 42 heavy (non-hydrogen) atoms. The lowest BCUT2D eigenvalue weighted by molar-refractivity contribution is -0.188. The van der Waals surface area contributed by atoms with Crippen LogP contribution in [0.3, 0.4) is 0 Å². The Morgan fingerprint density at radius 2 is 1.67 bits per heavy atom. The van der Waals surface area contributed by atoms with E-state index in [2.05, 4.69) is 15.4 Å². The summed E-state index contributed by atoms with van der Waals surface area (Å²) >= 11 is 0. The van der Waals surface area contributed by atoms with E-state index in [0.717, 1.165) is 51.4 Å². The molecule has 0 aromatic carbocycles. The van der Waals surface area contributed by atoms with Gasteiger partial charge in [0.15, 0.2) is 0 Å². The predicted octanol–water partition coefficient (Wildman–Crippen LogP) is 1.88. The van der Waals surface area contributed by atoms with Crippen molar-refractivity contribution >= 4 is 27.9 Å². The van der Waals surface area contributed by atoms with Crippen LogP contribution < -0.4 is 15.4 Å². The van der Waals surface area contributed by atoms with Crippen molar-refractivity contribution in [1.82, 2.24) is 24.6 Å². The summed E-state index contributed by atoms with van der Waals surface area (Å²) in [5.74, 6) is -1.58. The fourth-order valence-electron chi connectivity index (χ4n) is 6.76. The van der Waals surface area contributed by atoms with Gasteiger partial charge in [0.25, 0.3) is 5.91 Å². The Morgan fingerprint density at radius 3 is 2.36 bits per heavy atom. The van der Waals surface area contributed by atoms with Gasteiger partial charge in [-0.2, -0.15) is 12.7 Å². The first-order valence-electron chi connectivity index (χ1n) is 15.8. The fraction of sp³-hybridized carbons (Fsp3) is 0.897. The molecule has 12 nitrogen and oxygen atoms in total. The maximum atomic E-state index is 13.8. The van der Waals surface area contributed by atoms with E-state index in [9.17, 15) is 27.9 Å². The Balaban J connectivity index is 1.52. The van der Waals surface area contributed by atoms with Gasteiger partial charge in [-0.3, -0.25) is 19.7 Å². The average Bonchev–Trinajstić information content (AvgIpc) is 3.35. The molecule has 0 aromatic rings.